The molecule has 1 saturated heterocycles. The van der Waals surface area contributed by atoms with Gasteiger partial charge in [-0.2, -0.15) is 11.8 Å². The van der Waals surface area contributed by atoms with Gasteiger partial charge in [-0.05, 0) is 39.4 Å². The summed E-state index contributed by atoms with van der Waals surface area (Å²) in [4.78, 5) is 18.3. The molecule has 0 saturated carbocycles. The van der Waals surface area contributed by atoms with Crippen molar-refractivity contribution >= 4 is 47.6 Å². The van der Waals surface area contributed by atoms with Crippen molar-refractivity contribution in [3.63, 3.8) is 0 Å². The predicted octanol–water partition coefficient (Wildman–Crippen LogP) is 1.90. The van der Waals surface area contributed by atoms with E-state index in [1.54, 1.807) is 0 Å². The number of hydrogen-bond donors (Lipinski definition) is 3. The molecule has 0 spiro atoms. The number of likely N-dealkylation sites (tertiary alicyclic amines) is 1. The number of nitrogens with zero attached hydrogens (tertiary/aromatic N) is 2. The average molecular weight is 485 g/mol. The van der Waals surface area contributed by atoms with Crippen molar-refractivity contribution in [2.45, 2.75) is 50.8 Å². The van der Waals surface area contributed by atoms with Crippen molar-refractivity contribution in [1.29, 1.82) is 0 Å². The number of carbonyl (C=O) groups is 1. The van der Waals surface area contributed by atoms with Crippen molar-refractivity contribution < 1.29 is 4.79 Å². The molecule has 148 valence electrons. The molecular formula is C17H36IN5OS. The van der Waals surface area contributed by atoms with Crippen LogP contribution in [0.2, 0.25) is 0 Å². The Morgan fingerprint density at radius 1 is 1.28 bits per heavy atom. The molecule has 0 aromatic carbocycles. The number of nitrogens with one attached hydrogen (secondary N) is 3. The summed E-state index contributed by atoms with van der Waals surface area (Å²) in [5.74, 6) is 1.01. The molecule has 8 heteroatoms. The number of rotatable bonds is 8. The zero-order chi connectivity index (χ0) is 18.0. The maximum Gasteiger partial charge on any atom is 0.234 e. The highest BCUT2D eigenvalue weighted by Gasteiger charge is 2.22. The van der Waals surface area contributed by atoms with Gasteiger partial charge in [0.25, 0.3) is 0 Å². The number of amides is 1. The van der Waals surface area contributed by atoms with Crippen LogP contribution >= 0.6 is 35.7 Å². The average Bonchev–Trinajstić information content (AvgIpc) is 2.58. The largest absolute Gasteiger partial charge is 0.355 e. The summed E-state index contributed by atoms with van der Waals surface area (Å²) < 4.78 is 0.187. The lowest BCUT2D eigenvalue weighted by Gasteiger charge is -2.33. The molecule has 1 heterocycles. The number of guanidine groups is 1. The number of hydrogen-bond acceptors (Lipinski definition) is 4. The normalized spacial score (nSPS) is 16.9. The van der Waals surface area contributed by atoms with Gasteiger partial charge < -0.3 is 16.0 Å². The van der Waals surface area contributed by atoms with Gasteiger partial charge in [0.05, 0.1) is 6.54 Å². The van der Waals surface area contributed by atoms with Gasteiger partial charge in [0.15, 0.2) is 5.96 Å². The summed E-state index contributed by atoms with van der Waals surface area (Å²) in [6.45, 7) is 10.6. The van der Waals surface area contributed by atoms with E-state index in [2.05, 4.69) is 52.9 Å². The van der Waals surface area contributed by atoms with Crippen LogP contribution in [0.25, 0.3) is 0 Å². The van der Waals surface area contributed by atoms with E-state index in [0.717, 1.165) is 51.4 Å². The Balaban J connectivity index is 0.00000576. The van der Waals surface area contributed by atoms with Crippen LogP contribution in [-0.4, -0.2) is 73.6 Å². The molecule has 0 aromatic rings. The van der Waals surface area contributed by atoms with Gasteiger partial charge >= 0.3 is 0 Å². The van der Waals surface area contributed by atoms with Crippen LogP contribution in [0.4, 0.5) is 0 Å². The highest BCUT2D eigenvalue weighted by Crippen LogP contribution is 2.19. The van der Waals surface area contributed by atoms with Gasteiger partial charge in [-0.1, -0.05) is 6.92 Å². The Bertz CT molecular complexity index is 412. The Morgan fingerprint density at radius 2 is 1.92 bits per heavy atom. The molecule has 1 rings (SSSR count). The molecule has 0 unspecified atom stereocenters. The molecule has 0 aromatic heterocycles. The fourth-order valence-corrected chi connectivity index (χ4v) is 2.73. The van der Waals surface area contributed by atoms with Crippen LogP contribution in [-0.2, 0) is 4.79 Å². The van der Waals surface area contributed by atoms with Crippen LogP contribution in [0.5, 0.6) is 0 Å². The first-order chi connectivity index (χ1) is 11.4. The molecule has 1 aliphatic heterocycles. The van der Waals surface area contributed by atoms with Gasteiger partial charge in [0, 0.05) is 44.0 Å². The van der Waals surface area contributed by atoms with E-state index in [9.17, 15) is 4.79 Å². The van der Waals surface area contributed by atoms with Gasteiger partial charge in [-0.15, -0.1) is 24.0 Å². The lowest BCUT2D eigenvalue weighted by Crippen LogP contribution is -2.51. The smallest absolute Gasteiger partial charge is 0.234 e. The van der Waals surface area contributed by atoms with Crippen LogP contribution in [0, 0.1) is 0 Å². The number of aliphatic imine (C=N–C) groups is 1. The third-order valence-electron chi connectivity index (χ3n) is 4.33. The first-order valence-electron chi connectivity index (χ1n) is 8.91. The number of thioether (sulfide) groups is 1. The molecule has 0 aliphatic carbocycles. The summed E-state index contributed by atoms with van der Waals surface area (Å²) in [5, 5.41) is 9.87. The van der Waals surface area contributed by atoms with Crippen LogP contribution in [0.3, 0.4) is 0 Å². The summed E-state index contributed by atoms with van der Waals surface area (Å²) >= 11 is 1.85. The van der Waals surface area contributed by atoms with Gasteiger partial charge in [-0.25, -0.2) is 0 Å². The highest BCUT2D eigenvalue weighted by atomic mass is 127. The second-order valence-electron chi connectivity index (χ2n) is 6.93. The summed E-state index contributed by atoms with van der Waals surface area (Å²) in [6.07, 6.45) is 5.18. The third-order valence-corrected chi connectivity index (χ3v) is 5.58. The molecule has 3 N–H and O–H groups in total. The Morgan fingerprint density at radius 3 is 2.44 bits per heavy atom. The van der Waals surface area contributed by atoms with Crippen LogP contribution in [0.1, 0.15) is 40.0 Å². The molecule has 0 radical (unpaired) electrons. The van der Waals surface area contributed by atoms with Crippen LogP contribution in [0.15, 0.2) is 4.99 Å². The van der Waals surface area contributed by atoms with Gasteiger partial charge in [-0.3, -0.25) is 14.7 Å². The summed E-state index contributed by atoms with van der Waals surface area (Å²) in [5.41, 5.74) is 0. The summed E-state index contributed by atoms with van der Waals surface area (Å²) in [6, 6.07) is 0.420. The van der Waals surface area contributed by atoms with Gasteiger partial charge in [0.1, 0.15) is 0 Å². The second kappa shape index (κ2) is 13.0. The van der Waals surface area contributed by atoms with E-state index in [-0.39, 0.29) is 34.6 Å². The highest BCUT2D eigenvalue weighted by molar-refractivity contribution is 14.0. The Labute approximate surface area is 174 Å². The molecule has 6 nitrogen and oxygen atoms in total. The van der Waals surface area contributed by atoms with E-state index in [1.165, 1.54) is 0 Å². The second-order valence-corrected chi connectivity index (χ2v) is 8.45. The first kappa shape index (κ1) is 24.8. The maximum absolute atomic E-state index is 11.8. The minimum Gasteiger partial charge on any atom is -0.355 e. The van der Waals surface area contributed by atoms with E-state index in [1.807, 2.05) is 18.8 Å². The minimum atomic E-state index is 0. The predicted molar refractivity (Wildman–Crippen MR) is 120 cm³/mol. The standard InChI is InChI=1S/C17H35N5OS.HI/c1-6-9-19-15(23)12-22-10-7-14(8-11-22)21-16(18-4)20-13-17(2,3)24-5;/h14H,6-13H2,1-5H3,(H,19,23)(H2,18,20,21);1H. The topological polar surface area (TPSA) is 68.8 Å². The van der Waals surface area contributed by atoms with E-state index in [4.69, 9.17) is 0 Å². The molecule has 1 amide bonds. The molecule has 0 atom stereocenters. The maximum atomic E-state index is 11.8. The van der Waals surface area contributed by atoms with E-state index >= 15 is 0 Å². The lowest BCUT2D eigenvalue weighted by atomic mass is 10.1. The molecular weight excluding hydrogens is 449 g/mol. The number of carbonyl (C=O) groups excluding carboxylic acids is 1. The van der Waals surface area contributed by atoms with Crippen molar-refractivity contribution in [1.82, 2.24) is 20.9 Å². The van der Waals surface area contributed by atoms with E-state index in [0.29, 0.717) is 12.6 Å². The Kier molecular flexibility index (Phi) is 12.9. The SMILES string of the molecule is CCCNC(=O)CN1CCC(NC(=NC)NCC(C)(C)SC)CC1.I. The lowest BCUT2D eigenvalue weighted by molar-refractivity contribution is -0.122. The fraction of sp³-hybridized carbons (Fsp3) is 0.882. The van der Waals surface area contributed by atoms with Crippen molar-refractivity contribution in [3.8, 4) is 0 Å². The minimum absolute atomic E-state index is 0. The fourth-order valence-electron chi connectivity index (χ4n) is 2.52. The quantitative estimate of drug-likeness (QED) is 0.279. The molecule has 1 aliphatic rings. The molecule has 0 bridgehead atoms. The monoisotopic (exact) mass is 485 g/mol. The first-order valence-corrected chi connectivity index (χ1v) is 10.1. The third kappa shape index (κ3) is 10.5. The number of piperidine rings is 1. The zero-order valence-electron chi connectivity index (χ0n) is 16.4. The Hall–Kier alpha value is -0.220. The molecule has 1 fully saturated rings. The van der Waals surface area contributed by atoms with Crippen LogP contribution < -0.4 is 16.0 Å². The van der Waals surface area contributed by atoms with Crippen molar-refractivity contribution in [2.75, 3.05) is 46.0 Å². The number of halogens is 1. The van der Waals surface area contributed by atoms with Gasteiger partial charge in [0.2, 0.25) is 5.91 Å². The zero-order valence-corrected chi connectivity index (χ0v) is 19.5. The van der Waals surface area contributed by atoms with E-state index < -0.39 is 0 Å². The summed E-state index contributed by atoms with van der Waals surface area (Å²) in [7, 11) is 1.81. The van der Waals surface area contributed by atoms with Crippen molar-refractivity contribution in [3.05, 3.63) is 0 Å². The van der Waals surface area contributed by atoms with Crippen molar-refractivity contribution in [2.24, 2.45) is 4.99 Å². The molecule has 25 heavy (non-hydrogen) atoms.